The molecule has 1 aromatic carbocycles. The van der Waals surface area contributed by atoms with Crippen molar-refractivity contribution in [2.24, 2.45) is 5.92 Å². The predicted octanol–water partition coefficient (Wildman–Crippen LogP) is 3.88. The molecule has 0 atom stereocenters. The fraction of sp³-hybridized carbons (Fsp3) is 0.333. The summed E-state index contributed by atoms with van der Waals surface area (Å²) in [7, 11) is 0. The Balaban J connectivity index is 1.90. The van der Waals surface area contributed by atoms with Gasteiger partial charge in [-0.15, -0.1) is 15.3 Å². The van der Waals surface area contributed by atoms with Crippen LogP contribution in [0.2, 0.25) is 5.02 Å². The summed E-state index contributed by atoms with van der Waals surface area (Å²) in [6, 6.07) is 7.34. The van der Waals surface area contributed by atoms with Crippen LogP contribution in [0, 0.1) is 5.92 Å². The molecular weight excluding hydrogens is 334 g/mol. The van der Waals surface area contributed by atoms with E-state index in [9.17, 15) is 4.79 Å². The Morgan fingerprint density at radius 1 is 1.35 bits per heavy atom. The fourth-order valence-electron chi connectivity index (χ4n) is 2.34. The Morgan fingerprint density at radius 3 is 2.83 bits per heavy atom. The largest absolute Gasteiger partial charge is 0.300 e. The molecule has 8 heteroatoms. The molecular formula is C15H16ClN5OS. The normalized spacial score (nSPS) is 11.3. The first-order valence-electron chi connectivity index (χ1n) is 7.41. The van der Waals surface area contributed by atoms with Gasteiger partial charge in [-0.1, -0.05) is 48.9 Å². The number of benzene rings is 1. The van der Waals surface area contributed by atoms with Crippen molar-refractivity contribution in [2.45, 2.75) is 26.7 Å². The first-order chi connectivity index (χ1) is 11.1. The van der Waals surface area contributed by atoms with Gasteiger partial charge in [0.05, 0.1) is 0 Å². The zero-order valence-corrected chi connectivity index (χ0v) is 14.4. The highest BCUT2D eigenvalue weighted by Crippen LogP contribution is 2.26. The number of hydrogen-bond acceptors (Lipinski definition) is 5. The van der Waals surface area contributed by atoms with Crippen molar-refractivity contribution in [3.63, 3.8) is 0 Å². The van der Waals surface area contributed by atoms with Crippen molar-refractivity contribution in [1.82, 2.24) is 19.8 Å². The molecule has 120 valence electrons. The Labute approximate surface area is 142 Å². The van der Waals surface area contributed by atoms with E-state index in [1.54, 1.807) is 16.6 Å². The number of amides is 1. The minimum absolute atomic E-state index is 0.00301. The molecule has 0 aliphatic heterocycles. The van der Waals surface area contributed by atoms with Gasteiger partial charge in [0.2, 0.25) is 16.0 Å². The highest BCUT2D eigenvalue weighted by Gasteiger charge is 2.18. The highest BCUT2D eigenvalue weighted by molar-refractivity contribution is 7.20. The van der Waals surface area contributed by atoms with Gasteiger partial charge in [0.15, 0.2) is 5.82 Å². The second kappa shape index (κ2) is 6.64. The van der Waals surface area contributed by atoms with Crippen LogP contribution in [0.3, 0.4) is 0 Å². The number of aromatic nitrogens is 4. The van der Waals surface area contributed by atoms with Crippen LogP contribution in [-0.2, 0) is 4.79 Å². The molecule has 0 unspecified atom stereocenters. The van der Waals surface area contributed by atoms with Crippen molar-refractivity contribution in [1.29, 1.82) is 0 Å². The molecule has 2 aromatic heterocycles. The first-order valence-corrected chi connectivity index (χ1v) is 8.60. The van der Waals surface area contributed by atoms with Crippen LogP contribution in [0.15, 0.2) is 24.3 Å². The van der Waals surface area contributed by atoms with Crippen LogP contribution in [0.4, 0.5) is 5.13 Å². The van der Waals surface area contributed by atoms with Gasteiger partial charge in [-0.3, -0.25) is 4.79 Å². The Hall–Kier alpha value is -1.99. The summed E-state index contributed by atoms with van der Waals surface area (Å²) in [4.78, 5) is 12.8. The fourth-order valence-corrected chi connectivity index (χ4v) is 3.27. The molecule has 0 saturated heterocycles. The zero-order valence-electron chi connectivity index (χ0n) is 12.8. The molecule has 0 radical (unpaired) electrons. The number of halogens is 1. The second-order valence-corrected chi connectivity index (χ2v) is 6.53. The van der Waals surface area contributed by atoms with Crippen molar-refractivity contribution in [3.8, 4) is 11.4 Å². The van der Waals surface area contributed by atoms with Crippen LogP contribution in [0.1, 0.15) is 26.7 Å². The van der Waals surface area contributed by atoms with E-state index >= 15 is 0 Å². The van der Waals surface area contributed by atoms with Crippen molar-refractivity contribution >= 4 is 38.9 Å². The van der Waals surface area contributed by atoms with Gasteiger partial charge in [0, 0.05) is 16.5 Å². The molecule has 0 saturated carbocycles. The minimum atomic E-state index is -0.00994. The summed E-state index contributed by atoms with van der Waals surface area (Å²) >= 11 is 7.32. The van der Waals surface area contributed by atoms with Crippen LogP contribution >= 0.6 is 22.9 Å². The molecule has 6 nitrogen and oxygen atoms in total. The SMILES string of the molecule is CCC(CC)C(=O)Nc1nn2c(-c3cccc(Cl)c3)nnc2s1. The summed E-state index contributed by atoms with van der Waals surface area (Å²) in [6.07, 6.45) is 1.61. The zero-order chi connectivity index (χ0) is 16.4. The molecule has 0 spiro atoms. The topological polar surface area (TPSA) is 72.2 Å². The predicted molar refractivity (Wildman–Crippen MR) is 91.8 cm³/mol. The van der Waals surface area contributed by atoms with E-state index in [2.05, 4.69) is 20.6 Å². The van der Waals surface area contributed by atoms with E-state index in [1.165, 1.54) is 11.3 Å². The average Bonchev–Trinajstić information content (AvgIpc) is 3.08. The maximum Gasteiger partial charge on any atom is 0.236 e. The molecule has 23 heavy (non-hydrogen) atoms. The average molecular weight is 350 g/mol. The monoisotopic (exact) mass is 349 g/mol. The molecule has 0 fully saturated rings. The summed E-state index contributed by atoms with van der Waals surface area (Å²) in [5.41, 5.74) is 0.827. The van der Waals surface area contributed by atoms with Crippen molar-refractivity contribution in [3.05, 3.63) is 29.3 Å². The third-order valence-electron chi connectivity index (χ3n) is 3.66. The van der Waals surface area contributed by atoms with E-state index in [0.717, 1.165) is 18.4 Å². The van der Waals surface area contributed by atoms with Gasteiger partial charge < -0.3 is 5.32 Å². The molecule has 1 amide bonds. The van der Waals surface area contributed by atoms with E-state index in [0.29, 0.717) is 20.9 Å². The lowest BCUT2D eigenvalue weighted by molar-refractivity contribution is -0.120. The maximum atomic E-state index is 12.2. The molecule has 3 aromatic rings. The van der Waals surface area contributed by atoms with E-state index in [1.807, 2.05) is 26.0 Å². The highest BCUT2D eigenvalue weighted by atomic mass is 35.5. The van der Waals surface area contributed by atoms with Gasteiger partial charge in [0.1, 0.15) is 0 Å². The molecule has 1 N–H and O–H groups in total. The summed E-state index contributed by atoms with van der Waals surface area (Å²) in [5.74, 6) is 0.586. The van der Waals surface area contributed by atoms with Crippen LogP contribution in [0.25, 0.3) is 16.3 Å². The number of carbonyl (C=O) groups excluding carboxylic acids is 1. The van der Waals surface area contributed by atoms with E-state index in [-0.39, 0.29) is 11.8 Å². The van der Waals surface area contributed by atoms with Crippen molar-refractivity contribution in [2.75, 3.05) is 5.32 Å². The number of carbonyl (C=O) groups is 1. The summed E-state index contributed by atoms with van der Waals surface area (Å²) in [5, 5.41) is 16.7. The Morgan fingerprint density at radius 2 is 2.13 bits per heavy atom. The third kappa shape index (κ3) is 3.20. The van der Waals surface area contributed by atoms with Crippen LogP contribution in [-0.4, -0.2) is 25.7 Å². The molecule has 0 bridgehead atoms. The maximum absolute atomic E-state index is 12.2. The first kappa shape index (κ1) is 15.9. The van der Waals surface area contributed by atoms with Crippen LogP contribution < -0.4 is 5.32 Å². The second-order valence-electron chi connectivity index (χ2n) is 5.14. The lowest BCUT2D eigenvalue weighted by Gasteiger charge is -2.10. The van der Waals surface area contributed by atoms with Crippen LogP contribution in [0.5, 0.6) is 0 Å². The molecule has 2 heterocycles. The van der Waals surface area contributed by atoms with Gasteiger partial charge in [-0.2, -0.15) is 4.52 Å². The smallest absolute Gasteiger partial charge is 0.236 e. The lowest BCUT2D eigenvalue weighted by Crippen LogP contribution is -2.21. The number of anilines is 1. The number of nitrogens with zero attached hydrogens (tertiary/aromatic N) is 4. The molecule has 3 rings (SSSR count). The standard InChI is InChI=1S/C15H16ClN5OS/c1-3-9(4-2)13(22)17-14-20-21-12(18-19-15(21)23-14)10-6-5-7-11(16)8-10/h5-9H,3-4H2,1-2H3,(H,17,20,22). The van der Waals surface area contributed by atoms with Crippen molar-refractivity contribution < 1.29 is 4.79 Å². The van der Waals surface area contributed by atoms with Gasteiger partial charge in [-0.25, -0.2) is 0 Å². The van der Waals surface area contributed by atoms with Gasteiger partial charge in [0.25, 0.3) is 0 Å². The lowest BCUT2D eigenvalue weighted by atomic mass is 10.0. The Bertz CT molecular complexity index is 839. The number of nitrogens with one attached hydrogen (secondary N) is 1. The minimum Gasteiger partial charge on any atom is -0.300 e. The third-order valence-corrected chi connectivity index (χ3v) is 4.71. The molecule has 0 aliphatic rings. The number of hydrogen-bond donors (Lipinski definition) is 1. The van der Waals surface area contributed by atoms with Gasteiger partial charge in [-0.05, 0) is 25.0 Å². The number of fused-ring (bicyclic) bond motifs is 1. The Kier molecular flexibility index (Phi) is 4.58. The summed E-state index contributed by atoms with van der Waals surface area (Å²) < 4.78 is 1.62. The molecule has 0 aliphatic carbocycles. The van der Waals surface area contributed by atoms with Gasteiger partial charge >= 0.3 is 0 Å². The quantitative estimate of drug-likeness (QED) is 0.758. The van der Waals surface area contributed by atoms with E-state index < -0.39 is 0 Å². The summed E-state index contributed by atoms with van der Waals surface area (Å²) in [6.45, 7) is 4.01. The number of rotatable bonds is 5. The van der Waals surface area contributed by atoms with E-state index in [4.69, 9.17) is 11.6 Å².